The summed E-state index contributed by atoms with van der Waals surface area (Å²) in [5, 5.41) is 15.9. The van der Waals surface area contributed by atoms with Gasteiger partial charge >= 0.3 is 5.00 Å². The number of nitro groups is 1. The van der Waals surface area contributed by atoms with Crippen LogP contribution in [0.2, 0.25) is 0 Å². The summed E-state index contributed by atoms with van der Waals surface area (Å²) in [5.41, 5.74) is 6.43. The molecule has 1 atom stereocenters. The van der Waals surface area contributed by atoms with Gasteiger partial charge in [-0.3, -0.25) is 10.1 Å². The first-order valence-corrected chi connectivity index (χ1v) is 11.7. The van der Waals surface area contributed by atoms with Crippen molar-refractivity contribution < 1.29 is 9.66 Å². The molecular weight excluding hydrogens is 418 g/mol. The second kappa shape index (κ2) is 8.97. The summed E-state index contributed by atoms with van der Waals surface area (Å²) < 4.78 is 4.80. The minimum Gasteiger partial charge on any atom is -0.497 e. The maximum atomic E-state index is 11.1. The van der Waals surface area contributed by atoms with Crippen LogP contribution in [-0.2, 0) is 11.2 Å². The number of ether oxygens (including phenoxy) is 1. The van der Waals surface area contributed by atoms with E-state index < -0.39 is 0 Å². The van der Waals surface area contributed by atoms with Crippen LogP contribution in [0.15, 0.2) is 77.9 Å². The molecule has 0 saturated heterocycles. The molecule has 0 spiro atoms. The summed E-state index contributed by atoms with van der Waals surface area (Å²) in [4.78, 5) is 10.8. The highest BCUT2D eigenvalue weighted by atomic mass is 32.1. The number of rotatable bonds is 2. The number of allylic oxidation sites excluding steroid dienone is 7. The van der Waals surface area contributed by atoms with Crippen molar-refractivity contribution in [1.29, 1.82) is 0 Å². The van der Waals surface area contributed by atoms with Gasteiger partial charge in [-0.25, -0.2) is 0 Å². The second-order valence-corrected chi connectivity index (χ2v) is 8.87. The molecule has 3 aliphatic carbocycles. The van der Waals surface area contributed by atoms with Crippen molar-refractivity contribution in [2.75, 3.05) is 6.61 Å². The fourth-order valence-corrected chi connectivity index (χ4v) is 5.41. The summed E-state index contributed by atoms with van der Waals surface area (Å²) in [6, 6.07) is 6.18. The van der Waals surface area contributed by atoms with Crippen LogP contribution in [0.4, 0.5) is 5.00 Å². The normalized spacial score (nSPS) is 19.4. The zero-order valence-corrected chi connectivity index (χ0v) is 18.4. The third-order valence-electron chi connectivity index (χ3n) is 6.09. The van der Waals surface area contributed by atoms with Gasteiger partial charge in [0.25, 0.3) is 0 Å². The molecule has 4 nitrogen and oxygen atoms in total. The van der Waals surface area contributed by atoms with Crippen molar-refractivity contribution in [3.05, 3.63) is 115 Å². The summed E-state index contributed by atoms with van der Waals surface area (Å²) in [5.74, 6) is 0.0876. The zero-order chi connectivity index (χ0) is 21.9. The average molecular weight is 442 g/mol. The van der Waals surface area contributed by atoms with Crippen LogP contribution in [0.3, 0.4) is 0 Å². The third kappa shape index (κ3) is 3.92. The van der Waals surface area contributed by atoms with Gasteiger partial charge in [0, 0.05) is 17.4 Å². The lowest BCUT2D eigenvalue weighted by Crippen LogP contribution is -2.36. The summed E-state index contributed by atoms with van der Waals surface area (Å²) in [6.45, 7) is 0.733. The molecule has 1 unspecified atom stereocenters. The van der Waals surface area contributed by atoms with Crippen LogP contribution in [0, 0.1) is 10.1 Å². The molecule has 2 aromatic rings. The summed E-state index contributed by atoms with van der Waals surface area (Å²) in [7, 11) is 0. The zero-order valence-electron chi connectivity index (χ0n) is 17.6. The van der Waals surface area contributed by atoms with Crippen molar-refractivity contribution in [2.24, 2.45) is 0 Å². The van der Waals surface area contributed by atoms with Crippen molar-refractivity contribution in [1.82, 2.24) is 0 Å². The first-order valence-electron chi connectivity index (χ1n) is 10.8. The molecule has 0 bridgehead atoms. The van der Waals surface area contributed by atoms with Crippen LogP contribution in [0.5, 0.6) is 0 Å². The Balaban J connectivity index is 0.000000314. The number of hydrogen-bond donors (Lipinski definition) is 0. The fraction of sp³-hybridized carbons (Fsp3) is 0.185. The number of nitrogens with zero attached hydrogens (tertiary/aromatic N) is 1. The Morgan fingerprint density at radius 2 is 2.09 bits per heavy atom. The lowest BCUT2D eigenvalue weighted by molar-refractivity contribution is -0.380. The van der Waals surface area contributed by atoms with E-state index in [1.807, 2.05) is 23.6 Å². The predicted octanol–water partition coefficient (Wildman–Crippen LogP) is 5.32. The molecule has 0 fully saturated rings. The van der Waals surface area contributed by atoms with Crippen molar-refractivity contribution >= 4 is 34.1 Å². The molecule has 4 aliphatic rings. The van der Waals surface area contributed by atoms with Crippen molar-refractivity contribution in [3.63, 3.8) is 0 Å². The van der Waals surface area contributed by atoms with Crippen molar-refractivity contribution in [3.8, 4) is 0 Å². The highest BCUT2D eigenvalue weighted by molar-refractivity contribution is 7.13. The Bertz CT molecular complexity index is 1330. The van der Waals surface area contributed by atoms with E-state index in [1.165, 1.54) is 44.0 Å². The topological polar surface area (TPSA) is 52.4 Å². The molecule has 0 N–H and O–H groups in total. The van der Waals surface area contributed by atoms with Gasteiger partial charge < -0.3 is 4.74 Å². The Morgan fingerprint density at radius 3 is 2.81 bits per heavy atom. The molecule has 0 amide bonds. The van der Waals surface area contributed by atoms with Crippen molar-refractivity contribution in [2.45, 2.75) is 25.2 Å². The number of fused-ring (bicyclic) bond motifs is 4. The molecule has 0 radical (unpaired) electrons. The first kappa shape index (κ1) is 20.5. The maximum absolute atomic E-state index is 11.1. The van der Waals surface area contributed by atoms with E-state index in [-0.39, 0.29) is 15.8 Å². The minimum atomic E-state index is -0.298. The smallest absolute Gasteiger partial charge is 0.324 e. The van der Waals surface area contributed by atoms with Gasteiger partial charge in [0.1, 0.15) is 6.61 Å². The number of hydrogen-bond acceptors (Lipinski definition) is 4. The predicted molar refractivity (Wildman–Crippen MR) is 131 cm³/mol. The van der Waals surface area contributed by atoms with Crippen LogP contribution in [0.25, 0.3) is 17.7 Å². The molecule has 160 valence electrons. The van der Waals surface area contributed by atoms with Crippen LogP contribution < -0.4 is 10.4 Å². The molecule has 1 aliphatic heterocycles. The molecule has 1 aromatic carbocycles. The van der Waals surface area contributed by atoms with E-state index in [2.05, 4.69) is 48.6 Å². The van der Waals surface area contributed by atoms with Crippen LogP contribution >= 0.6 is 11.3 Å². The van der Waals surface area contributed by atoms with E-state index in [9.17, 15) is 10.1 Å². The number of benzene rings is 1. The van der Waals surface area contributed by atoms with E-state index >= 15 is 0 Å². The van der Waals surface area contributed by atoms with Gasteiger partial charge in [0.15, 0.2) is 0 Å². The highest BCUT2D eigenvalue weighted by Crippen LogP contribution is 2.40. The first-order chi connectivity index (χ1) is 15.7. The molecule has 5 heteroatoms. The van der Waals surface area contributed by atoms with Gasteiger partial charge in [-0.15, -0.1) is 0 Å². The van der Waals surface area contributed by atoms with E-state index in [4.69, 9.17) is 4.74 Å². The Hall–Kier alpha value is -3.44. The monoisotopic (exact) mass is 441 g/mol. The highest BCUT2D eigenvalue weighted by Gasteiger charge is 2.25. The molecular formula is C27H23NO3S. The van der Waals surface area contributed by atoms with Crippen LogP contribution in [0.1, 0.15) is 35.4 Å². The second-order valence-electron chi connectivity index (χ2n) is 7.98. The lowest BCUT2D eigenvalue weighted by atomic mass is 9.78. The molecule has 6 rings (SSSR count). The average Bonchev–Trinajstić information content (AvgIpc) is 3.35. The number of thiophene rings is 1. The Labute approximate surface area is 190 Å². The standard InChI is InChI=1S/C22H17NO2S.C5H6O/c24-23(25)21-12-16(13-26-21)18-7-3-5-15-9-10-19-17-6-2-1-4-14(17)8-11-20(19)22(15)18;1-2-4-6-5-3-1/h1,3-5,7-8,10-13,18H,2,6,9H2;1-4H,5H2. The molecule has 2 heterocycles. The van der Waals surface area contributed by atoms with E-state index in [0.717, 1.165) is 31.4 Å². The van der Waals surface area contributed by atoms with Gasteiger partial charge in [-0.1, -0.05) is 66.0 Å². The fourth-order valence-electron chi connectivity index (χ4n) is 4.64. The quantitative estimate of drug-likeness (QED) is 0.468. The lowest BCUT2D eigenvalue weighted by Gasteiger charge is -2.26. The summed E-state index contributed by atoms with van der Waals surface area (Å²) >= 11 is 1.21. The minimum absolute atomic E-state index is 0.0876. The van der Waals surface area contributed by atoms with Gasteiger partial charge in [0.05, 0.1) is 11.2 Å². The Kier molecular flexibility index (Phi) is 5.73. The Morgan fingerprint density at radius 1 is 1.16 bits per heavy atom. The van der Waals surface area contributed by atoms with Gasteiger partial charge in [-0.2, -0.15) is 0 Å². The van der Waals surface area contributed by atoms with E-state index in [0.29, 0.717) is 0 Å². The maximum Gasteiger partial charge on any atom is 0.324 e. The molecule has 1 aromatic heterocycles. The van der Waals surface area contributed by atoms with Gasteiger partial charge in [-0.05, 0) is 69.7 Å². The SMILES string of the molecule is C1=CCOC=C1.O=[N+]([O-])c1cc(C2C=CC=C3CC=c4c5c(ccc4=C32)C=CCC5)cs1. The largest absolute Gasteiger partial charge is 0.497 e. The third-order valence-corrected chi connectivity index (χ3v) is 6.98. The summed E-state index contributed by atoms with van der Waals surface area (Å²) in [6.07, 6.45) is 23.8. The molecule has 32 heavy (non-hydrogen) atoms. The van der Waals surface area contributed by atoms with Crippen LogP contribution in [-0.4, -0.2) is 11.5 Å². The van der Waals surface area contributed by atoms with E-state index in [1.54, 1.807) is 12.3 Å². The van der Waals surface area contributed by atoms with Gasteiger partial charge in [0.2, 0.25) is 0 Å². The molecule has 0 saturated carbocycles.